The molecule has 1 aliphatic carbocycles. The normalized spacial score (nSPS) is 21.5. The smallest absolute Gasteiger partial charge is 0.265 e. The molecule has 0 saturated heterocycles. The Morgan fingerprint density at radius 1 is 1.43 bits per heavy atom. The lowest BCUT2D eigenvalue weighted by atomic mass is 9.86. The standard InChI is InChI=1S/C17H23NO2S/c1-13-6-8-15(9-7-13)18(2)17(20)16-14(10-12-21-16)5-3-4-11-19/h10,12-13,15,19H,4,6-9,11H2,1-2H3. The van der Waals surface area contributed by atoms with Crippen LogP contribution in [0.5, 0.6) is 0 Å². The van der Waals surface area contributed by atoms with Crippen molar-refractivity contribution < 1.29 is 9.90 Å². The fraction of sp³-hybridized carbons (Fsp3) is 0.588. The molecule has 1 N–H and O–H groups in total. The maximum Gasteiger partial charge on any atom is 0.265 e. The fourth-order valence-corrected chi connectivity index (χ4v) is 3.57. The first-order chi connectivity index (χ1) is 10.1. The summed E-state index contributed by atoms with van der Waals surface area (Å²) in [6, 6.07) is 2.24. The second-order valence-corrected chi connectivity index (χ2v) is 6.68. The highest BCUT2D eigenvalue weighted by Gasteiger charge is 2.26. The van der Waals surface area contributed by atoms with Crippen molar-refractivity contribution in [2.45, 2.75) is 45.1 Å². The van der Waals surface area contributed by atoms with Crippen molar-refractivity contribution in [1.29, 1.82) is 0 Å². The first-order valence-electron chi connectivity index (χ1n) is 7.58. The highest BCUT2D eigenvalue weighted by atomic mass is 32.1. The van der Waals surface area contributed by atoms with E-state index in [1.54, 1.807) is 0 Å². The van der Waals surface area contributed by atoms with Gasteiger partial charge in [0.1, 0.15) is 4.88 Å². The Labute approximate surface area is 131 Å². The molecule has 0 atom stereocenters. The molecule has 21 heavy (non-hydrogen) atoms. The quantitative estimate of drug-likeness (QED) is 0.872. The molecular formula is C17H23NO2S. The fourth-order valence-electron chi connectivity index (χ4n) is 2.74. The minimum Gasteiger partial charge on any atom is -0.395 e. The van der Waals surface area contributed by atoms with Gasteiger partial charge in [-0.2, -0.15) is 0 Å². The van der Waals surface area contributed by atoms with Gasteiger partial charge in [0.2, 0.25) is 0 Å². The van der Waals surface area contributed by atoms with E-state index >= 15 is 0 Å². The predicted octanol–water partition coefficient (Wildman–Crippen LogP) is 3.13. The molecule has 2 rings (SSSR count). The van der Waals surface area contributed by atoms with Crippen molar-refractivity contribution in [2.75, 3.05) is 13.7 Å². The number of hydrogen-bond donors (Lipinski definition) is 1. The first kappa shape index (κ1) is 16.1. The van der Waals surface area contributed by atoms with Gasteiger partial charge in [0.25, 0.3) is 5.91 Å². The largest absolute Gasteiger partial charge is 0.395 e. The van der Waals surface area contributed by atoms with Crippen molar-refractivity contribution >= 4 is 17.2 Å². The van der Waals surface area contributed by atoms with E-state index in [1.807, 2.05) is 23.4 Å². The zero-order valence-corrected chi connectivity index (χ0v) is 13.6. The summed E-state index contributed by atoms with van der Waals surface area (Å²) in [5.74, 6) is 6.75. The Bertz CT molecular complexity index is 532. The van der Waals surface area contributed by atoms with Crippen LogP contribution in [0.25, 0.3) is 0 Å². The molecule has 0 aromatic carbocycles. The molecule has 4 heteroatoms. The second kappa shape index (κ2) is 7.63. The van der Waals surface area contributed by atoms with Crippen molar-refractivity contribution in [3.63, 3.8) is 0 Å². The monoisotopic (exact) mass is 305 g/mol. The number of thiophene rings is 1. The molecule has 0 aliphatic heterocycles. The van der Waals surface area contributed by atoms with E-state index in [0.717, 1.165) is 29.2 Å². The van der Waals surface area contributed by atoms with Crippen molar-refractivity contribution in [3.8, 4) is 11.8 Å². The number of nitrogens with zero attached hydrogens (tertiary/aromatic N) is 1. The summed E-state index contributed by atoms with van der Waals surface area (Å²) in [6.07, 6.45) is 5.05. The van der Waals surface area contributed by atoms with Crippen LogP contribution in [0.2, 0.25) is 0 Å². The van der Waals surface area contributed by atoms with Crippen molar-refractivity contribution in [3.05, 3.63) is 21.9 Å². The molecule has 1 heterocycles. The van der Waals surface area contributed by atoms with E-state index in [4.69, 9.17) is 5.11 Å². The lowest BCUT2D eigenvalue weighted by Crippen LogP contribution is -2.39. The highest BCUT2D eigenvalue weighted by molar-refractivity contribution is 7.12. The lowest BCUT2D eigenvalue weighted by Gasteiger charge is -2.33. The van der Waals surface area contributed by atoms with Crippen LogP contribution in [0, 0.1) is 17.8 Å². The van der Waals surface area contributed by atoms with E-state index in [9.17, 15) is 4.79 Å². The Balaban J connectivity index is 2.06. The lowest BCUT2D eigenvalue weighted by molar-refractivity contribution is 0.0684. The molecule has 1 aromatic heterocycles. The summed E-state index contributed by atoms with van der Waals surface area (Å²) in [4.78, 5) is 15.3. The topological polar surface area (TPSA) is 40.5 Å². The van der Waals surface area contributed by atoms with Gasteiger partial charge >= 0.3 is 0 Å². The van der Waals surface area contributed by atoms with Crippen LogP contribution in [0.3, 0.4) is 0 Å². The molecule has 0 radical (unpaired) electrons. The van der Waals surface area contributed by atoms with Crippen LogP contribution >= 0.6 is 11.3 Å². The number of amides is 1. The maximum absolute atomic E-state index is 12.7. The van der Waals surface area contributed by atoms with Gasteiger partial charge < -0.3 is 10.0 Å². The van der Waals surface area contributed by atoms with Gasteiger partial charge in [-0.3, -0.25) is 4.79 Å². The number of aliphatic hydroxyl groups is 1. The van der Waals surface area contributed by atoms with Crippen LogP contribution in [-0.4, -0.2) is 35.6 Å². The van der Waals surface area contributed by atoms with Crippen molar-refractivity contribution in [1.82, 2.24) is 4.90 Å². The predicted molar refractivity (Wildman–Crippen MR) is 86.4 cm³/mol. The molecule has 0 spiro atoms. The van der Waals surface area contributed by atoms with Crippen LogP contribution in [-0.2, 0) is 0 Å². The van der Waals surface area contributed by atoms with Crippen LogP contribution in [0.15, 0.2) is 11.4 Å². The van der Waals surface area contributed by atoms with E-state index in [1.165, 1.54) is 24.2 Å². The van der Waals surface area contributed by atoms with Crippen LogP contribution < -0.4 is 0 Å². The maximum atomic E-state index is 12.7. The molecule has 0 bridgehead atoms. The van der Waals surface area contributed by atoms with E-state index in [-0.39, 0.29) is 12.5 Å². The highest BCUT2D eigenvalue weighted by Crippen LogP contribution is 2.28. The summed E-state index contributed by atoms with van der Waals surface area (Å²) in [5.41, 5.74) is 0.787. The summed E-state index contributed by atoms with van der Waals surface area (Å²) in [5, 5.41) is 10.7. The third-order valence-corrected chi connectivity index (χ3v) is 5.08. The number of aliphatic hydroxyl groups excluding tert-OH is 1. The van der Waals surface area contributed by atoms with Gasteiger partial charge in [0.15, 0.2) is 0 Å². The Hall–Kier alpha value is -1.31. The van der Waals surface area contributed by atoms with E-state index in [0.29, 0.717) is 12.5 Å². The number of carbonyl (C=O) groups excluding carboxylic acids is 1. The summed E-state index contributed by atoms with van der Waals surface area (Å²) < 4.78 is 0. The average Bonchev–Trinajstić information content (AvgIpc) is 2.95. The molecular weight excluding hydrogens is 282 g/mol. The number of rotatable bonds is 3. The Kier molecular flexibility index (Phi) is 5.84. The van der Waals surface area contributed by atoms with Gasteiger partial charge in [0.05, 0.1) is 6.61 Å². The molecule has 1 aliphatic rings. The second-order valence-electron chi connectivity index (χ2n) is 5.77. The van der Waals surface area contributed by atoms with Gasteiger partial charge in [-0.25, -0.2) is 0 Å². The molecule has 1 saturated carbocycles. The number of carbonyl (C=O) groups is 1. The first-order valence-corrected chi connectivity index (χ1v) is 8.45. The Morgan fingerprint density at radius 3 is 2.81 bits per heavy atom. The molecule has 1 fully saturated rings. The van der Waals surface area contributed by atoms with Gasteiger partial charge in [-0.05, 0) is 43.0 Å². The van der Waals surface area contributed by atoms with Crippen LogP contribution in [0.1, 0.15) is 54.3 Å². The third kappa shape index (κ3) is 4.09. The zero-order valence-electron chi connectivity index (χ0n) is 12.8. The molecule has 114 valence electrons. The van der Waals surface area contributed by atoms with Crippen LogP contribution in [0.4, 0.5) is 0 Å². The van der Waals surface area contributed by atoms with Gasteiger partial charge in [-0.15, -0.1) is 11.3 Å². The molecule has 3 nitrogen and oxygen atoms in total. The zero-order chi connectivity index (χ0) is 15.2. The van der Waals surface area contributed by atoms with E-state index in [2.05, 4.69) is 18.8 Å². The number of hydrogen-bond acceptors (Lipinski definition) is 3. The SMILES string of the molecule is CC1CCC(N(C)C(=O)c2sccc2C#CCCO)CC1. The van der Waals surface area contributed by atoms with Crippen molar-refractivity contribution in [2.24, 2.45) is 5.92 Å². The average molecular weight is 305 g/mol. The molecule has 0 unspecified atom stereocenters. The van der Waals surface area contributed by atoms with Gasteiger partial charge in [0, 0.05) is 25.1 Å². The minimum atomic E-state index is 0.0561. The van der Waals surface area contributed by atoms with E-state index < -0.39 is 0 Å². The minimum absolute atomic E-state index is 0.0561. The molecule has 1 amide bonds. The van der Waals surface area contributed by atoms with Gasteiger partial charge in [-0.1, -0.05) is 18.8 Å². The third-order valence-electron chi connectivity index (χ3n) is 4.17. The summed E-state index contributed by atoms with van der Waals surface area (Å²) in [6.45, 7) is 2.34. The summed E-state index contributed by atoms with van der Waals surface area (Å²) in [7, 11) is 1.91. The molecule has 1 aromatic rings. The summed E-state index contributed by atoms with van der Waals surface area (Å²) >= 11 is 1.45. The Morgan fingerprint density at radius 2 is 2.14 bits per heavy atom.